The van der Waals surface area contributed by atoms with Gasteiger partial charge in [0, 0.05) is 13.2 Å². The summed E-state index contributed by atoms with van der Waals surface area (Å²) in [5.74, 6) is 0.719. The molecule has 0 saturated carbocycles. The molecule has 0 aliphatic carbocycles. The first-order valence-corrected chi connectivity index (χ1v) is 10.0. The first-order chi connectivity index (χ1) is 11.4. The summed E-state index contributed by atoms with van der Waals surface area (Å²) in [7, 11) is 0. The van der Waals surface area contributed by atoms with E-state index in [-0.39, 0.29) is 0 Å². The van der Waals surface area contributed by atoms with Gasteiger partial charge in [-0.25, -0.2) is 0 Å². The lowest BCUT2D eigenvalue weighted by Gasteiger charge is -2.17. The van der Waals surface area contributed by atoms with Gasteiger partial charge in [0.15, 0.2) is 0 Å². The Bertz CT molecular complexity index is 346. The molecule has 0 aliphatic rings. The lowest BCUT2D eigenvalue weighted by Crippen LogP contribution is -2.03. The molecule has 0 fully saturated rings. The van der Waals surface area contributed by atoms with Gasteiger partial charge in [0.25, 0.3) is 0 Å². The zero-order chi connectivity index (χ0) is 16.6. The molecule has 0 bridgehead atoms. The fourth-order valence-corrected chi connectivity index (χ4v) is 3.19. The van der Waals surface area contributed by atoms with E-state index in [1.165, 1.54) is 76.2 Å². The second-order valence-corrected chi connectivity index (χ2v) is 6.77. The molecule has 1 atom stereocenters. The normalized spacial score (nSPS) is 12.4. The maximum absolute atomic E-state index is 5.81. The fourth-order valence-electron chi connectivity index (χ4n) is 3.19. The van der Waals surface area contributed by atoms with Crippen LogP contribution in [0.15, 0.2) is 30.3 Å². The van der Waals surface area contributed by atoms with Crippen LogP contribution in [0.2, 0.25) is 0 Å². The van der Waals surface area contributed by atoms with E-state index in [1.54, 1.807) is 0 Å². The smallest absolute Gasteiger partial charge is 0.0466 e. The number of hydrogen-bond donors (Lipinski definition) is 0. The molecular weight excluding hydrogens is 280 g/mol. The van der Waals surface area contributed by atoms with E-state index in [0.717, 1.165) is 19.1 Å². The topological polar surface area (TPSA) is 9.23 Å². The van der Waals surface area contributed by atoms with E-state index in [0.29, 0.717) is 0 Å². The Balaban J connectivity index is 2.21. The highest BCUT2D eigenvalue weighted by Crippen LogP contribution is 2.27. The summed E-state index contributed by atoms with van der Waals surface area (Å²) in [6.45, 7) is 6.43. The van der Waals surface area contributed by atoms with E-state index in [4.69, 9.17) is 4.74 Å². The molecule has 1 heteroatoms. The predicted octanol–water partition coefficient (Wildman–Crippen LogP) is 7.12. The number of ether oxygens (including phenoxy) is 1. The largest absolute Gasteiger partial charge is 0.381 e. The van der Waals surface area contributed by atoms with E-state index < -0.39 is 0 Å². The van der Waals surface area contributed by atoms with Gasteiger partial charge in [-0.15, -0.1) is 0 Å². The molecule has 1 nitrogen and oxygen atoms in total. The van der Waals surface area contributed by atoms with Crippen LogP contribution >= 0.6 is 0 Å². The van der Waals surface area contributed by atoms with E-state index in [2.05, 4.69) is 44.2 Å². The Kier molecular flexibility index (Phi) is 13.0. The highest BCUT2D eigenvalue weighted by Gasteiger charge is 2.10. The molecule has 0 spiro atoms. The Morgan fingerprint density at radius 3 is 2.00 bits per heavy atom. The number of benzene rings is 1. The Hall–Kier alpha value is -0.820. The molecule has 23 heavy (non-hydrogen) atoms. The number of hydrogen-bond acceptors (Lipinski definition) is 1. The SMILES string of the molecule is CCCCCCOCCCC(CCCCCC)c1ccccc1. The summed E-state index contributed by atoms with van der Waals surface area (Å²) in [5, 5.41) is 0. The lowest BCUT2D eigenvalue weighted by atomic mass is 9.89. The van der Waals surface area contributed by atoms with Gasteiger partial charge in [-0.3, -0.25) is 0 Å². The monoisotopic (exact) mass is 318 g/mol. The Labute approximate surface area is 144 Å². The average Bonchev–Trinajstić information content (AvgIpc) is 2.60. The molecule has 132 valence electrons. The van der Waals surface area contributed by atoms with Crippen LogP contribution in [-0.4, -0.2) is 13.2 Å². The minimum absolute atomic E-state index is 0.719. The van der Waals surface area contributed by atoms with Crippen molar-refractivity contribution in [1.82, 2.24) is 0 Å². The molecule has 1 aromatic rings. The van der Waals surface area contributed by atoms with Crippen molar-refractivity contribution in [3.05, 3.63) is 35.9 Å². The summed E-state index contributed by atoms with van der Waals surface area (Å²) in [4.78, 5) is 0. The highest BCUT2D eigenvalue weighted by atomic mass is 16.5. The summed E-state index contributed by atoms with van der Waals surface area (Å²) >= 11 is 0. The van der Waals surface area contributed by atoms with Crippen LogP contribution in [0, 0.1) is 0 Å². The minimum atomic E-state index is 0.719. The molecular formula is C22H38O. The van der Waals surface area contributed by atoms with Gasteiger partial charge in [-0.2, -0.15) is 0 Å². The van der Waals surface area contributed by atoms with Crippen molar-refractivity contribution in [2.45, 2.75) is 90.4 Å². The van der Waals surface area contributed by atoms with E-state index in [1.807, 2.05) is 0 Å². The Morgan fingerprint density at radius 2 is 1.30 bits per heavy atom. The van der Waals surface area contributed by atoms with Crippen molar-refractivity contribution >= 4 is 0 Å². The van der Waals surface area contributed by atoms with E-state index >= 15 is 0 Å². The second kappa shape index (κ2) is 14.8. The minimum Gasteiger partial charge on any atom is -0.381 e. The van der Waals surface area contributed by atoms with Gasteiger partial charge in [0.1, 0.15) is 0 Å². The first-order valence-electron chi connectivity index (χ1n) is 10.0. The van der Waals surface area contributed by atoms with Crippen molar-refractivity contribution in [3.63, 3.8) is 0 Å². The van der Waals surface area contributed by atoms with Gasteiger partial charge < -0.3 is 4.74 Å². The fraction of sp³-hybridized carbons (Fsp3) is 0.727. The Morgan fingerprint density at radius 1 is 0.696 bits per heavy atom. The number of unbranched alkanes of at least 4 members (excludes halogenated alkanes) is 6. The van der Waals surface area contributed by atoms with Gasteiger partial charge in [-0.1, -0.05) is 89.1 Å². The standard InChI is InChI=1S/C22H38O/c1-3-5-7-10-15-22(21-16-11-9-12-17-21)18-14-20-23-19-13-8-6-4-2/h9,11-12,16-17,22H,3-8,10,13-15,18-20H2,1-2H3. The third-order valence-electron chi connectivity index (χ3n) is 4.66. The van der Waals surface area contributed by atoms with Crippen LogP contribution in [0.5, 0.6) is 0 Å². The molecule has 0 radical (unpaired) electrons. The van der Waals surface area contributed by atoms with Gasteiger partial charge in [0.2, 0.25) is 0 Å². The molecule has 1 unspecified atom stereocenters. The highest BCUT2D eigenvalue weighted by molar-refractivity contribution is 5.19. The van der Waals surface area contributed by atoms with Crippen molar-refractivity contribution in [2.75, 3.05) is 13.2 Å². The van der Waals surface area contributed by atoms with Gasteiger partial charge >= 0.3 is 0 Å². The molecule has 0 heterocycles. The second-order valence-electron chi connectivity index (χ2n) is 6.77. The lowest BCUT2D eigenvalue weighted by molar-refractivity contribution is 0.124. The maximum Gasteiger partial charge on any atom is 0.0466 e. The third kappa shape index (κ3) is 10.5. The first kappa shape index (κ1) is 20.2. The molecule has 0 aliphatic heterocycles. The predicted molar refractivity (Wildman–Crippen MR) is 102 cm³/mol. The quantitative estimate of drug-likeness (QED) is 0.313. The maximum atomic E-state index is 5.81. The van der Waals surface area contributed by atoms with Crippen LogP contribution < -0.4 is 0 Å². The van der Waals surface area contributed by atoms with Crippen LogP contribution in [0.25, 0.3) is 0 Å². The molecule has 1 aromatic carbocycles. The van der Waals surface area contributed by atoms with Gasteiger partial charge in [-0.05, 0) is 37.2 Å². The van der Waals surface area contributed by atoms with Crippen molar-refractivity contribution in [3.8, 4) is 0 Å². The molecule has 0 amide bonds. The van der Waals surface area contributed by atoms with Crippen LogP contribution in [0.4, 0.5) is 0 Å². The number of rotatable bonds is 15. The summed E-state index contributed by atoms with van der Waals surface area (Å²) in [5.41, 5.74) is 1.52. The van der Waals surface area contributed by atoms with Crippen molar-refractivity contribution in [2.24, 2.45) is 0 Å². The zero-order valence-corrected chi connectivity index (χ0v) is 15.6. The van der Waals surface area contributed by atoms with Crippen LogP contribution in [0.1, 0.15) is 96.0 Å². The zero-order valence-electron chi connectivity index (χ0n) is 15.6. The molecule has 1 rings (SSSR count). The summed E-state index contributed by atoms with van der Waals surface area (Å²) < 4.78 is 5.81. The third-order valence-corrected chi connectivity index (χ3v) is 4.66. The van der Waals surface area contributed by atoms with Crippen molar-refractivity contribution < 1.29 is 4.74 Å². The molecule has 0 saturated heterocycles. The van der Waals surface area contributed by atoms with Crippen LogP contribution in [-0.2, 0) is 4.74 Å². The van der Waals surface area contributed by atoms with Gasteiger partial charge in [0.05, 0.1) is 0 Å². The van der Waals surface area contributed by atoms with E-state index in [9.17, 15) is 0 Å². The summed E-state index contributed by atoms with van der Waals surface area (Å²) in [6, 6.07) is 11.1. The average molecular weight is 319 g/mol. The van der Waals surface area contributed by atoms with Crippen molar-refractivity contribution in [1.29, 1.82) is 0 Å². The molecule has 0 N–H and O–H groups in total. The van der Waals surface area contributed by atoms with Crippen LogP contribution in [0.3, 0.4) is 0 Å². The molecule has 0 aromatic heterocycles. The summed E-state index contributed by atoms with van der Waals surface area (Å²) in [6.07, 6.45) is 14.4.